The zero-order valence-corrected chi connectivity index (χ0v) is 14.0. The first kappa shape index (κ1) is 14.8. The zero-order valence-electron chi connectivity index (χ0n) is 12.4. The maximum atomic E-state index is 12.5. The normalized spacial score (nSPS) is 11.0. The van der Waals surface area contributed by atoms with Crippen LogP contribution in [0.4, 0.5) is 0 Å². The highest BCUT2D eigenvalue weighted by Gasteiger charge is 2.11. The van der Waals surface area contributed by atoms with Crippen LogP contribution in [0.3, 0.4) is 0 Å². The van der Waals surface area contributed by atoms with Crippen molar-refractivity contribution in [1.29, 1.82) is 0 Å². The van der Waals surface area contributed by atoms with E-state index in [0.717, 1.165) is 15.4 Å². The molecule has 0 N–H and O–H groups in total. The maximum absolute atomic E-state index is 12.5. The topological polar surface area (TPSA) is 73.8 Å². The highest BCUT2D eigenvalue weighted by molar-refractivity contribution is 9.10. The van der Waals surface area contributed by atoms with Gasteiger partial charge in [-0.3, -0.25) is 4.79 Å². The predicted molar refractivity (Wildman–Crippen MR) is 92.5 cm³/mol. The molecule has 0 amide bonds. The Bertz CT molecular complexity index is 1070. The van der Waals surface area contributed by atoms with E-state index in [1.165, 1.54) is 4.68 Å². The molecule has 0 aliphatic rings. The SMILES string of the molecule is O=c1c2ccccc2cnn1Cc1nnc(-c2ccc(Br)cc2)o1. The highest BCUT2D eigenvalue weighted by Crippen LogP contribution is 2.20. The first-order valence-corrected chi connectivity index (χ1v) is 8.03. The van der Waals surface area contributed by atoms with Gasteiger partial charge in [-0.25, -0.2) is 4.68 Å². The van der Waals surface area contributed by atoms with Gasteiger partial charge in [0.25, 0.3) is 5.56 Å². The third-order valence-electron chi connectivity index (χ3n) is 3.60. The first-order valence-electron chi connectivity index (χ1n) is 7.24. The second-order valence-corrected chi connectivity index (χ2v) is 6.12. The largest absolute Gasteiger partial charge is 0.419 e. The smallest absolute Gasteiger partial charge is 0.275 e. The van der Waals surface area contributed by atoms with Crippen LogP contribution in [0.15, 0.2) is 68.4 Å². The fourth-order valence-corrected chi connectivity index (χ4v) is 2.66. The lowest BCUT2D eigenvalue weighted by Gasteiger charge is -2.02. The van der Waals surface area contributed by atoms with E-state index in [2.05, 4.69) is 31.2 Å². The molecule has 0 atom stereocenters. The highest BCUT2D eigenvalue weighted by atomic mass is 79.9. The molecule has 0 aliphatic carbocycles. The monoisotopic (exact) mass is 382 g/mol. The Hall–Kier alpha value is -2.80. The van der Waals surface area contributed by atoms with E-state index in [1.54, 1.807) is 12.3 Å². The summed E-state index contributed by atoms with van der Waals surface area (Å²) in [6.45, 7) is 0.132. The van der Waals surface area contributed by atoms with Crippen molar-refractivity contribution < 1.29 is 4.42 Å². The molecule has 118 valence electrons. The minimum absolute atomic E-state index is 0.132. The van der Waals surface area contributed by atoms with Gasteiger partial charge >= 0.3 is 0 Å². The van der Waals surface area contributed by atoms with Gasteiger partial charge in [0.2, 0.25) is 11.8 Å². The van der Waals surface area contributed by atoms with Gasteiger partial charge in [0.05, 0.1) is 11.6 Å². The van der Waals surface area contributed by atoms with Gasteiger partial charge in [0.1, 0.15) is 6.54 Å². The molecular formula is C17H11BrN4O2. The summed E-state index contributed by atoms with van der Waals surface area (Å²) < 4.78 is 7.93. The average Bonchev–Trinajstić information content (AvgIpc) is 3.07. The number of rotatable bonds is 3. The molecule has 0 unspecified atom stereocenters. The lowest BCUT2D eigenvalue weighted by molar-refractivity contribution is 0.467. The second-order valence-electron chi connectivity index (χ2n) is 5.20. The number of hydrogen-bond acceptors (Lipinski definition) is 5. The Morgan fingerprint density at radius 2 is 1.83 bits per heavy atom. The van der Waals surface area contributed by atoms with E-state index in [9.17, 15) is 4.79 Å². The van der Waals surface area contributed by atoms with Crippen molar-refractivity contribution in [2.75, 3.05) is 0 Å². The number of halogens is 1. The fourth-order valence-electron chi connectivity index (χ4n) is 2.40. The van der Waals surface area contributed by atoms with Crippen LogP contribution >= 0.6 is 15.9 Å². The molecule has 0 saturated heterocycles. The molecule has 0 fully saturated rings. The number of benzene rings is 2. The molecular weight excluding hydrogens is 372 g/mol. The van der Waals surface area contributed by atoms with E-state index in [4.69, 9.17) is 4.42 Å². The van der Waals surface area contributed by atoms with E-state index < -0.39 is 0 Å². The summed E-state index contributed by atoms with van der Waals surface area (Å²) in [7, 11) is 0. The number of nitrogens with zero attached hydrogens (tertiary/aromatic N) is 4. The van der Waals surface area contributed by atoms with Crippen molar-refractivity contribution >= 4 is 26.7 Å². The molecule has 2 aromatic carbocycles. The summed E-state index contributed by atoms with van der Waals surface area (Å²) in [5.41, 5.74) is 0.632. The maximum Gasteiger partial charge on any atom is 0.275 e. The Morgan fingerprint density at radius 3 is 2.67 bits per heavy atom. The molecule has 0 aliphatic heterocycles. The lowest BCUT2D eigenvalue weighted by atomic mass is 10.2. The van der Waals surface area contributed by atoms with Crippen molar-refractivity contribution in [2.24, 2.45) is 0 Å². The average molecular weight is 383 g/mol. The minimum Gasteiger partial charge on any atom is -0.419 e. The van der Waals surface area contributed by atoms with Crippen LogP contribution in [0.25, 0.3) is 22.2 Å². The molecule has 2 heterocycles. The van der Waals surface area contributed by atoms with Gasteiger partial charge in [0, 0.05) is 15.4 Å². The van der Waals surface area contributed by atoms with Gasteiger partial charge in [-0.05, 0) is 30.3 Å². The Labute approximate surface area is 144 Å². The van der Waals surface area contributed by atoms with Crippen LogP contribution in [0.1, 0.15) is 5.89 Å². The molecule has 24 heavy (non-hydrogen) atoms. The zero-order chi connectivity index (χ0) is 16.5. The summed E-state index contributed by atoms with van der Waals surface area (Å²) in [5.74, 6) is 0.740. The summed E-state index contributed by atoms with van der Waals surface area (Å²) in [6, 6.07) is 14.9. The van der Waals surface area contributed by atoms with Crippen LogP contribution in [-0.2, 0) is 6.54 Å². The standard InChI is InChI=1S/C17H11BrN4O2/c18-13-7-5-11(6-8-13)16-21-20-15(24-16)10-22-17(23)14-4-2-1-3-12(14)9-19-22/h1-9H,10H2. The first-order chi connectivity index (χ1) is 11.7. The van der Waals surface area contributed by atoms with Crippen LogP contribution in [0.5, 0.6) is 0 Å². The van der Waals surface area contributed by atoms with E-state index in [1.807, 2.05) is 42.5 Å². The molecule has 0 bridgehead atoms. The van der Waals surface area contributed by atoms with E-state index in [-0.39, 0.29) is 12.1 Å². The summed E-state index contributed by atoms with van der Waals surface area (Å²) in [5, 5.41) is 13.6. The molecule has 2 aromatic heterocycles. The summed E-state index contributed by atoms with van der Waals surface area (Å²) >= 11 is 3.38. The van der Waals surface area contributed by atoms with Gasteiger partial charge in [-0.1, -0.05) is 34.1 Å². The molecule has 4 rings (SSSR count). The minimum atomic E-state index is -0.184. The molecule has 0 radical (unpaired) electrons. The number of hydrogen-bond donors (Lipinski definition) is 0. The molecule has 0 saturated carbocycles. The molecule has 6 nitrogen and oxygen atoms in total. The van der Waals surface area contributed by atoms with Crippen molar-refractivity contribution in [3.8, 4) is 11.5 Å². The van der Waals surface area contributed by atoms with Gasteiger partial charge in [-0.2, -0.15) is 5.10 Å². The Kier molecular flexibility index (Phi) is 3.70. The number of aromatic nitrogens is 4. The second kappa shape index (κ2) is 6.01. The predicted octanol–water partition coefficient (Wildman–Crippen LogP) is 3.26. The van der Waals surface area contributed by atoms with Crippen LogP contribution in [0.2, 0.25) is 0 Å². The van der Waals surface area contributed by atoms with Crippen LogP contribution in [0, 0.1) is 0 Å². The Balaban J connectivity index is 1.66. The third-order valence-corrected chi connectivity index (χ3v) is 4.13. The summed E-state index contributed by atoms with van der Waals surface area (Å²) in [4.78, 5) is 12.5. The molecule has 0 spiro atoms. The van der Waals surface area contributed by atoms with Crippen molar-refractivity contribution in [2.45, 2.75) is 6.54 Å². The van der Waals surface area contributed by atoms with E-state index in [0.29, 0.717) is 17.2 Å². The third kappa shape index (κ3) is 2.74. The number of fused-ring (bicyclic) bond motifs is 1. The van der Waals surface area contributed by atoms with Crippen molar-refractivity contribution in [3.05, 3.63) is 75.4 Å². The molecule has 7 heteroatoms. The lowest BCUT2D eigenvalue weighted by Crippen LogP contribution is -2.23. The van der Waals surface area contributed by atoms with Crippen LogP contribution < -0.4 is 5.56 Å². The van der Waals surface area contributed by atoms with Gasteiger partial charge < -0.3 is 4.42 Å². The molecule has 4 aromatic rings. The van der Waals surface area contributed by atoms with Gasteiger partial charge in [0.15, 0.2) is 0 Å². The Morgan fingerprint density at radius 1 is 1.04 bits per heavy atom. The van der Waals surface area contributed by atoms with Gasteiger partial charge in [-0.15, -0.1) is 10.2 Å². The quantitative estimate of drug-likeness (QED) is 0.543. The van der Waals surface area contributed by atoms with E-state index >= 15 is 0 Å². The summed E-state index contributed by atoms with van der Waals surface area (Å²) in [6.07, 6.45) is 1.66. The van der Waals surface area contributed by atoms with Crippen molar-refractivity contribution in [3.63, 3.8) is 0 Å². The fraction of sp³-hybridized carbons (Fsp3) is 0.0588. The van der Waals surface area contributed by atoms with Crippen molar-refractivity contribution in [1.82, 2.24) is 20.0 Å². The van der Waals surface area contributed by atoms with Crippen LogP contribution in [-0.4, -0.2) is 20.0 Å².